The summed E-state index contributed by atoms with van der Waals surface area (Å²) in [5.41, 5.74) is 5.33. The molecule has 2 aromatic heterocycles. The van der Waals surface area contributed by atoms with Crippen molar-refractivity contribution in [2.45, 2.75) is 0 Å². The fraction of sp³-hybridized carbons (Fsp3) is 0. The number of imidazole rings is 2. The maximum Gasteiger partial charge on any atom is 2.00 e. The molecule has 0 saturated heterocycles. The van der Waals surface area contributed by atoms with Crippen molar-refractivity contribution in [1.82, 2.24) is 9.97 Å². The van der Waals surface area contributed by atoms with Gasteiger partial charge in [-0.1, -0.05) is 72.2 Å². The van der Waals surface area contributed by atoms with Gasteiger partial charge in [-0.05, 0) is 36.4 Å². The van der Waals surface area contributed by atoms with Crippen molar-refractivity contribution < 1.29 is 20.2 Å². The Hall–Kier alpha value is -4.41. The molecule has 2 heterocycles. The molecule has 4 aromatic carbocycles. The average Bonchev–Trinajstić information content (AvgIpc) is 3.44. The molecule has 0 unspecified atom stereocenters. The number of nitrogens with one attached hydrogen (secondary N) is 4. The second-order valence-electron chi connectivity index (χ2n) is 7.33. The van der Waals surface area contributed by atoms with Gasteiger partial charge >= 0.3 is 10.1 Å². The van der Waals surface area contributed by atoms with Crippen LogP contribution in [0.2, 0.25) is 0 Å². The zero-order chi connectivity index (χ0) is 21.9. The summed E-state index contributed by atoms with van der Waals surface area (Å²) in [5.74, 6) is 1.55. The van der Waals surface area contributed by atoms with Crippen molar-refractivity contribution in [3.8, 4) is 34.3 Å². The molecule has 0 spiro atoms. The van der Waals surface area contributed by atoms with Crippen molar-refractivity contribution in [3.63, 3.8) is 0 Å². The number of hydrogen-bond acceptors (Lipinski definition) is 2. The molecule has 0 aliphatic heterocycles. The molecular formula is C26H20BeN4O2+2. The molecule has 0 aliphatic carbocycles. The van der Waals surface area contributed by atoms with Crippen LogP contribution in [0, 0.1) is 0 Å². The van der Waals surface area contributed by atoms with Gasteiger partial charge < -0.3 is 10.2 Å². The predicted octanol–water partition coefficient (Wildman–Crippen LogP) is 3.06. The van der Waals surface area contributed by atoms with Crippen LogP contribution >= 0.6 is 0 Å². The number of H-pyrrole nitrogens is 4. The van der Waals surface area contributed by atoms with Crippen LogP contribution in [0.15, 0.2) is 97.1 Å². The standard InChI is InChI=1S/2C13H10N2O.Be/c2*16-12-8-4-1-5-9(12)13-14-10-6-2-3-7-11(10)15-13;/h2*1-8,16H,(H,14,15);/q;;+2. The number of aromatic amines is 4. The van der Waals surface area contributed by atoms with E-state index in [9.17, 15) is 10.2 Å². The number of hydrogen-bond donors (Lipinski definition) is 2. The third kappa shape index (κ3) is 4.47. The number of fused-ring (bicyclic) bond motifs is 2. The van der Waals surface area contributed by atoms with Gasteiger partial charge in [-0.3, -0.25) is 0 Å². The summed E-state index contributed by atoms with van der Waals surface area (Å²) in [6.07, 6.45) is 0. The number of aromatic nitrogens is 4. The third-order valence-corrected chi connectivity index (χ3v) is 5.21. The fourth-order valence-corrected chi connectivity index (χ4v) is 3.62. The molecular weight excluding hydrogens is 409 g/mol. The monoisotopic (exact) mass is 429 g/mol. The first kappa shape index (κ1) is 21.8. The predicted molar refractivity (Wildman–Crippen MR) is 125 cm³/mol. The third-order valence-electron chi connectivity index (χ3n) is 5.21. The molecule has 33 heavy (non-hydrogen) atoms. The van der Waals surface area contributed by atoms with Gasteiger partial charge in [0, 0.05) is 0 Å². The van der Waals surface area contributed by atoms with E-state index in [1.807, 2.05) is 72.8 Å². The smallest absolute Gasteiger partial charge is 0.872 e. The minimum absolute atomic E-state index is 0. The van der Waals surface area contributed by atoms with Crippen LogP contribution in [0.5, 0.6) is 11.5 Å². The summed E-state index contributed by atoms with van der Waals surface area (Å²) >= 11 is 0. The summed E-state index contributed by atoms with van der Waals surface area (Å²) in [6.45, 7) is 0. The van der Waals surface area contributed by atoms with E-state index in [1.165, 1.54) is 0 Å². The molecule has 0 amide bonds. The largest absolute Gasteiger partial charge is 2.00 e. The van der Waals surface area contributed by atoms with E-state index < -0.39 is 0 Å². The molecule has 6 rings (SSSR count). The van der Waals surface area contributed by atoms with E-state index in [0.29, 0.717) is 11.1 Å². The molecule has 6 aromatic rings. The van der Waals surface area contributed by atoms with E-state index in [4.69, 9.17) is 0 Å². The first-order valence-corrected chi connectivity index (χ1v) is 10.2. The van der Waals surface area contributed by atoms with Gasteiger partial charge in [-0.15, -0.1) is 0 Å². The van der Waals surface area contributed by atoms with Crippen LogP contribution in [-0.4, -0.2) is 20.1 Å². The maximum absolute atomic E-state index is 11.7. The Morgan fingerprint density at radius 1 is 0.485 bits per heavy atom. The van der Waals surface area contributed by atoms with E-state index >= 15 is 0 Å². The Morgan fingerprint density at radius 2 is 0.848 bits per heavy atom. The van der Waals surface area contributed by atoms with Crippen LogP contribution in [0.1, 0.15) is 0 Å². The minimum Gasteiger partial charge on any atom is -0.872 e. The Balaban J connectivity index is 0.000000152. The molecule has 0 radical (unpaired) electrons. The molecule has 7 heteroatoms. The second kappa shape index (κ2) is 9.38. The molecule has 156 valence electrons. The number of para-hydroxylation sites is 6. The van der Waals surface area contributed by atoms with Crippen molar-refractivity contribution in [3.05, 3.63) is 97.1 Å². The van der Waals surface area contributed by atoms with Gasteiger partial charge in [0.15, 0.2) is 22.1 Å². The normalized spacial score (nSPS) is 10.4. The zero-order valence-corrected chi connectivity index (χ0v) is 17.8. The van der Waals surface area contributed by atoms with Crippen LogP contribution in [0.3, 0.4) is 0 Å². The van der Waals surface area contributed by atoms with Gasteiger partial charge in [-0.25, -0.2) is 19.9 Å². The quantitative estimate of drug-likeness (QED) is 0.413. The number of rotatable bonds is 2. The first-order chi connectivity index (χ1) is 15.7. The Labute approximate surface area is 193 Å². The first-order valence-electron chi connectivity index (χ1n) is 10.2. The van der Waals surface area contributed by atoms with Gasteiger partial charge in [0.2, 0.25) is 0 Å². The number of benzene rings is 4. The van der Waals surface area contributed by atoms with E-state index in [-0.39, 0.29) is 21.6 Å². The molecule has 0 atom stereocenters. The van der Waals surface area contributed by atoms with Gasteiger partial charge in [0.05, 0.1) is 11.1 Å². The minimum atomic E-state index is 0. The maximum atomic E-state index is 11.7. The van der Waals surface area contributed by atoms with Crippen LogP contribution in [0.4, 0.5) is 0 Å². The van der Waals surface area contributed by atoms with E-state index in [0.717, 1.165) is 33.7 Å². The Bertz CT molecular complexity index is 1340. The summed E-state index contributed by atoms with van der Waals surface area (Å²) in [4.78, 5) is 12.8. The van der Waals surface area contributed by atoms with E-state index in [2.05, 4.69) is 19.9 Å². The molecule has 4 N–H and O–H groups in total. The summed E-state index contributed by atoms with van der Waals surface area (Å²) in [6, 6.07) is 29.7. The van der Waals surface area contributed by atoms with Crippen molar-refractivity contribution >= 4 is 32.2 Å². The van der Waals surface area contributed by atoms with Crippen molar-refractivity contribution in [2.24, 2.45) is 0 Å². The van der Waals surface area contributed by atoms with Crippen molar-refractivity contribution in [2.75, 3.05) is 0 Å². The van der Waals surface area contributed by atoms with Crippen LogP contribution in [0.25, 0.3) is 44.8 Å². The SMILES string of the molecule is [Be+2].[O-]c1ccccc1-c1[nH]c2ccccc2[nH+]1.[O-]c1ccccc1-c1[nH]c2ccccc2[nH+]1. The summed E-state index contributed by atoms with van der Waals surface area (Å²) in [7, 11) is 0. The zero-order valence-electron chi connectivity index (χ0n) is 17.8. The summed E-state index contributed by atoms with van der Waals surface area (Å²) < 4.78 is 0. The van der Waals surface area contributed by atoms with Crippen LogP contribution < -0.4 is 20.2 Å². The second-order valence-corrected chi connectivity index (χ2v) is 7.33. The van der Waals surface area contributed by atoms with Crippen LogP contribution in [-0.2, 0) is 0 Å². The Morgan fingerprint density at radius 3 is 1.24 bits per heavy atom. The molecule has 6 nitrogen and oxygen atoms in total. The molecule has 0 aliphatic rings. The Kier molecular flexibility index (Phi) is 6.20. The van der Waals surface area contributed by atoms with E-state index in [1.54, 1.807) is 24.3 Å². The molecule has 0 fully saturated rings. The molecule has 0 bridgehead atoms. The summed E-state index contributed by atoms with van der Waals surface area (Å²) in [5, 5.41) is 23.3. The van der Waals surface area contributed by atoms with Crippen molar-refractivity contribution in [1.29, 1.82) is 0 Å². The molecule has 0 saturated carbocycles. The van der Waals surface area contributed by atoms with Gasteiger partial charge in [0.1, 0.15) is 0 Å². The topological polar surface area (TPSA) is 106 Å². The van der Waals surface area contributed by atoms with Gasteiger partial charge in [0.25, 0.3) is 11.6 Å². The van der Waals surface area contributed by atoms with Gasteiger partial charge in [-0.2, -0.15) is 0 Å². The fourth-order valence-electron chi connectivity index (χ4n) is 3.62. The average molecular weight is 429 g/mol.